The van der Waals surface area contributed by atoms with Crippen molar-refractivity contribution >= 4 is 41.3 Å². The largest absolute Gasteiger partial charge is 0.357 e. The number of thiazole rings is 1. The van der Waals surface area contributed by atoms with Gasteiger partial charge in [-0.1, -0.05) is 0 Å². The number of aliphatic imine (C=N–C) groups is 1. The van der Waals surface area contributed by atoms with Crippen molar-refractivity contribution in [1.29, 1.82) is 0 Å². The molecule has 2 N–H and O–H groups in total. The van der Waals surface area contributed by atoms with Crippen molar-refractivity contribution in [3.05, 3.63) is 50.5 Å². The molecule has 1 heterocycles. The van der Waals surface area contributed by atoms with Crippen LogP contribution >= 0.6 is 35.3 Å². The van der Waals surface area contributed by atoms with Crippen LogP contribution in [0.5, 0.6) is 0 Å². The van der Waals surface area contributed by atoms with Crippen LogP contribution < -0.4 is 10.6 Å². The van der Waals surface area contributed by atoms with E-state index >= 15 is 0 Å². The Balaban J connectivity index is 0.00000364. The standard InChI is InChI=1S/C17H20F4N4S.HI/c1-4-22-17(23-6-5-14-25-9(2)10(3)26-14)24-8-11-15(20)12(18)7-13(19)16(11)21;/h7H,4-6,8H2,1-3H3,(H2,22,23,24);1H. The summed E-state index contributed by atoms with van der Waals surface area (Å²) < 4.78 is 53.9. The molecule has 0 spiro atoms. The maximum absolute atomic E-state index is 13.7. The molecule has 0 aliphatic heterocycles. The molecule has 0 saturated heterocycles. The van der Waals surface area contributed by atoms with Crippen LogP contribution in [0.1, 0.15) is 28.1 Å². The molecule has 2 rings (SSSR count). The number of nitrogens with one attached hydrogen (secondary N) is 2. The summed E-state index contributed by atoms with van der Waals surface area (Å²) in [6.45, 7) is 6.25. The van der Waals surface area contributed by atoms with E-state index in [1.807, 2.05) is 20.8 Å². The van der Waals surface area contributed by atoms with Crippen molar-refractivity contribution in [2.24, 2.45) is 4.99 Å². The molecule has 10 heteroatoms. The first-order valence-electron chi connectivity index (χ1n) is 8.10. The first-order valence-corrected chi connectivity index (χ1v) is 8.92. The van der Waals surface area contributed by atoms with Crippen LogP contribution in [-0.2, 0) is 13.0 Å². The number of guanidine groups is 1. The zero-order valence-electron chi connectivity index (χ0n) is 15.1. The van der Waals surface area contributed by atoms with Gasteiger partial charge in [0.15, 0.2) is 29.2 Å². The maximum atomic E-state index is 13.7. The van der Waals surface area contributed by atoms with Crippen LogP contribution in [0.4, 0.5) is 17.6 Å². The van der Waals surface area contributed by atoms with Crippen molar-refractivity contribution in [2.75, 3.05) is 13.1 Å². The molecule has 0 fully saturated rings. The van der Waals surface area contributed by atoms with E-state index in [1.165, 1.54) is 0 Å². The van der Waals surface area contributed by atoms with Gasteiger partial charge in [-0.25, -0.2) is 27.5 Å². The van der Waals surface area contributed by atoms with E-state index in [1.54, 1.807) is 11.3 Å². The number of rotatable bonds is 6. The van der Waals surface area contributed by atoms with Crippen molar-refractivity contribution in [1.82, 2.24) is 15.6 Å². The quantitative estimate of drug-likeness (QED) is 0.199. The van der Waals surface area contributed by atoms with Gasteiger partial charge in [0.2, 0.25) is 0 Å². The van der Waals surface area contributed by atoms with E-state index in [-0.39, 0.29) is 30.0 Å². The fourth-order valence-electron chi connectivity index (χ4n) is 2.20. The van der Waals surface area contributed by atoms with Crippen LogP contribution in [-0.4, -0.2) is 24.0 Å². The lowest BCUT2D eigenvalue weighted by Crippen LogP contribution is -2.38. The highest BCUT2D eigenvalue weighted by atomic mass is 127. The number of hydrogen-bond acceptors (Lipinski definition) is 3. The molecule has 0 saturated carbocycles. The highest BCUT2D eigenvalue weighted by molar-refractivity contribution is 14.0. The van der Waals surface area contributed by atoms with Crippen molar-refractivity contribution in [3.8, 4) is 0 Å². The minimum atomic E-state index is -1.44. The molecule has 0 aliphatic rings. The second kappa shape index (κ2) is 10.8. The number of aromatic nitrogens is 1. The molecule has 0 radical (unpaired) electrons. The lowest BCUT2D eigenvalue weighted by molar-refractivity contribution is 0.439. The molecule has 0 amide bonds. The number of benzene rings is 1. The average Bonchev–Trinajstić information content (AvgIpc) is 2.91. The van der Waals surface area contributed by atoms with Gasteiger partial charge in [-0.3, -0.25) is 0 Å². The second-order valence-electron chi connectivity index (χ2n) is 5.57. The van der Waals surface area contributed by atoms with Crippen molar-refractivity contribution in [3.63, 3.8) is 0 Å². The van der Waals surface area contributed by atoms with Gasteiger partial charge in [-0.15, -0.1) is 35.3 Å². The SMILES string of the molecule is CCNC(=NCc1c(F)c(F)cc(F)c1F)NCCc1nc(C)c(C)s1.I. The van der Waals surface area contributed by atoms with Gasteiger partial charge >= 0.3 is 0 Å². The minimum absolute atomic E-state index is 0. The summed E-state index contributed by atoms with van der Waals surface area (Å²) in [6, 6.07) is 0.180. The Labute approximate surface area is 176 Å². The molecular formula is C17H21F4IN4S. The molecule has 1 aromatic carbocycles. The fourth-order valence-corrected chi connectivity index (χ4v) is 3.13. The lowest BCUT2D eigenvalue weighted by Gasteiger charge is -2.11. The topological polar surface area (TPSA) is 49.3 Å². The fraction of sp³-hybridized carbons (Fsp3) is 0.412. The number of hydrogen-bond donors (Lipinski definition) is 2. The summed E-state index contributed by atoms with van der Waals surface area (Å²) in [5.74, 6) is -5.46. The van der Waals surface area contributed by atoms with Gasteiger partial charge in [0.05, 0.1) is 22.8 Å². The molecule has 0 aliphatic carbocycles. The van der Waals surface area contributed by atoms with Gasteiger partial charge in [-0.05, 0) is 20.8 Å². The van der Waals surface area contributed by atoms with E-state index in [4.69, 9.17) is 0 Å². The van der Waals surface area contributed by atoms with Crippen molar-refractivity contribution < 1.29 is 17.6 Å². The van der Waals surface area contributed by atoms with E-state index in [0.29, 0.717) is 25.5 Å². The Hall–Kier alpha value is -1.43. The van der Waals surface area contributed by atoms with E-state index in [2.05, 4.69) is 20.6 Å². The summed E-state index contributed by atoms with van der Waals surface area (Å²) in [7, 11) is 0. The molecular weight excluding hydrogens is 495 g/mol. The third-order valence-electron chi connectivity index (χ3n) is 3.65. The van der Waals surface area contributed by atoms with Crippen LogP contribution in [0, 0.1) is 37.1 Å². The summed E-state index contributed by atoms with van der Waals surface area (Å²) in [4.78, 5) is 9.58. The molecule has 27 heavy (non-hydrogen) atoms. The highest BCUT2D eigenvalue weighted by Crippen LogP contribution is 2.20. The number of aryl methyl sites for hydroxylation is 2. The van der Waals surface area contributed by atoms with Crippen LogP contribution in [0.25, 0.3) is 0 Å². The third kappa shape index (κ3) is 6.30. The second-order valence-corrected chi connectivity index (χ2v) is 6.86. The molecule has 0 atom stereocenters. The van der Waals surface area contributed by atoms with Crippen LogP contribution in [0.2, 0.25) is 0 Å². The molecule has 1 aromatic heterocycles. The molecule has 150 valence electrons. The smallest absolute Gasteiger partial charge is 0.191 e. The Kier molecular flexibility index (Phi) is 9.43. The molecule has 0 bridgehead atoms. The summed E-state index contributed by atoms with van der Waals surface area (Å²) in [5, 5.41) is 6.89. The van der Waals surface area contributed by atoms with Crippen molar-refractivity contribution in [2.45, 2.75) is 33.7 Å². The number of halogens is 5. The molecule has 4 nitrogen and oxygen atoms in total. The Morgan fingerprint density at radius 2 is 1.74 bits per heavy atom. The maximum Gasteiger partial charge on any atom is 0.191 e. The van der Waals surface area contributed by atoms with Gasteiger partial charge < -0.3 is 10.6 Å². The molecule has 2 aromatic rings. The van der Waals surface area contributed by atoms with E-state index < -0.39 is 35.4 Å². The van der Waals surface area contributed by atoms with Crippen LogP contribution in [0.15, 0.2) is 11.1 Å². The highest BCUT2D eigenvalue weighted by Gasteiger charge is 2.18. The summed E-state index contributed by atoms with van der Waals surface area (Å²) in [6.07, 6.45) is 0.654. The Bertz CT molecular complexity index is 765. The monoisotopic (exact) mass is 516 g/mol. The number of nitrogens with zero attached hydrogens (tertiary/aromatic N) is 2. The summed E-state index contributed by atoms with van der Waals surface area (Å²) >= 11 is 1.60. The predicted molar refractivity (Wildman–Crippen MR) is 110 cm³/mol. The minimum Gasteiger partial charge on any atom is -0.357 e. The van der Waals surface area contributed by atoms with Gasteiger partial charge in [0.25, 0.3) is 0 Å². The Morgan fingerprint density at radius 1 is 1.11 bits per heavy atom. The van der Waals surface area contributed by atoms with Gasteiger partial charge in [0.1, 0.15) is 0 Å². The van der Waals surface area contributed by atoms with E-state index in [0.717, 1.165) is 15.6 Å². The third-order valence-corrected chi connectivity index (χ3v) is 4.78. The lowest BCUT2D eigenvalue weighted by atomic mass is 10.2. The van der Waals surface area contributed by atoms with Crippen LogP contribution in [0.3, 0.4) is 0 Å². The first-order chi connectivity index (χ1) is 12.3. The average molecular weight is 516 g/mol. The first kappa shape index (κ1) is 23.6. The predicted octanol–water partition coefficient (Wildman–Crippen LogP) is 4.23. The normalized spacial score (nSPS) is 11.3. The zero-order valence-corrected chi connectivity index (χ0v) is 18.3. The Morgan fingerprint density at radius 3 is 2.26 bits per heavy atom. The van der Waals surface area contributed by atoms with E-state index in [9.17, 15) is 17.6 Å². The molecule has 0 unspecified atom stereocenters. The zero-order chi connectivity index (χ0) is 19.3. The van der Waals surface area contributed by atoms with Gasteiger partial charge in [-0.2, -0.15) is 0 Å². The van der Waals surface area contributed by atoms with Gasteiger partial charge in [0, 0.05) is 30.5 Å². The summed E-state index contributed by atoms with van der Waals surface area (Å²) in [5.41, 5.74) is 0.246.